The van der Waals surface area contributed by atoms with E-state index >= 15 is 0 Å². The Balaban J connectivity index is 1.70. The lowest BCUT2D eigenvalue weighted by Crippen LogP contribution is -2.41. The predicted octanol–water partition coefficient (Wildman–Crippen LogP) is 4.20. The van der Waals surface area contributed by atoms with Crippen molar-refractivity contribution in [1.29, 1.82) is 0 Å². The van der Waals surface area contributed by atoms with E-state index in [1.165, 1.54) is 37.7 Å². The number of rotatable bonds is 2. The van der Waals surface area contributed by atoms with Crippen molar-refractivity contribution in [2.24, 2.45) is 17.3 Å². The van der Waals surface area contributed by atoms with Gasteiger partial charge in [-0.05, 0) is 66.0 Å². The van der Waals surface area contributed by atoms with Gasteiger partial charge in [-0.1, -0.05) is 25.5 Å². The van der Waals surface area contributed by atoms with Crippen LogP contribution in [0, 0.1) is 17.3 Å². The quantitative estimate of drug-likeness (QED) is 0.890. The standard InChI is InChI=1S/C20H24O3/c1-20-7-2-3-17(20)15-11-18(21)16-9-12(10-19(22)23)4-5-13(16)14(15)6-8-20/h4-5,9,14-15,17H,2-3,6-8,10-11H2,1H3,(H,22,23)/t14?,15?,17?,20-/m0/s1. The number of hydrogen-bond donors (Lipinski definition) is 1. The van der Waals surface area contributed by atoms with Crippen LogP contribution in [0.4, 0.5) is 0 Å². The molecule has 0 spiro atoms. The molecule has 0 aliphatic heterocycles. The SMILES string of the molecule is C[C@@]12CCCC1C1CC(=O)c3cc(CC(=O)O)ccc3C1CC2. The number of carbonyl (C=O) groups excluding carboxylic acids is 1. The molecule has 0 amide bonds. The van der Waals surface area contributed by atoms with Gasteiger partial charge in [0.25, 0.3) is 0 Å². The fourth-order valence-corrected chi connectivity index (χ4v) is 5.73. The summed E-state index contributed by atoms with van der Waals surface area (Å²) in [6.45, 7) is 2.43. The van der Waals surface area contributed by atoms with Gasteiger partial charge in [-0.3, -0.25) is 9.59 Å². The molecule has 3 aliphatic rings. The Morgan fingerprint density at radius 2 is 2.13 bits per heavy atom. The van der Waals surface area contributed by atoms with Gasteiger partial charge in [-0.25, -0.2) is 0 Å². The number of carboxylic acid groups (broad SMARTS) is 1. The summed E-state index contributed by atoms with van der Waals surface area (Å²) in [5.41, 5.74) is 3.17. The van der Waals surface area contributed by atoms with Crippen molar-refractivity contribution in [3.63, 3.8) is 0 Å². The molecule has 3 nitrogen and oxygen atoms in total. The molecular weight excluding hydrogens is 288 g/mol. The Hall–Kier alpha value is -1.64. The van der Waals surface area contributed by atoms with Crippen molar-refractivity contribution in [1.82, 2.24) is 0 Å². The molecule has 0 aromatic heterocycles. The first-order valence-electron chi connectivity index (χ1n) is 8.86. The van der Waals surface area contributed by atoms with Gasteiger partial charge in [-0.15, -0.1) is 0 Å². The van der Waals surface area contributed by atoms with E-state index in [0.717, 1.165) is 11.1 Å². The molecule has 0 bridgehead atoms. The largest absolute Gasteiger partial charge is 0.481 e. The second-order valence-corrected chi connectivity index (χ2v) is 8.08. The predicted molar refractivity (Wildman–Crippen MR) is 87.6 cm³/mol. The number of carbonyl (C=O) groups is 2. The molecule has 3 heteroatoms. The molecule has 122 valence electrons. The number of ketones is 1. The lowest BCUT2D eigenvalue weighted by Gasteiger charge is -2.48. The van der Waals surface area contributed by atoms with E-state index in [1.54, 1.807) is 0 Å². The first-order valence-corrected chi connectivity index (χ1v) is 8.86. The highest BCUT2D eigenvalue weighted by Crippen LogP contribution is 2.60. The molecule has 4 atom stereocenters. The van der Waals surface area contributed by atoms with Gasteiger partial charge in [0, 0.05) is 12.0 Å². The van der Waals surface area contributed by atoms with Gasteiger partial charge >= 0.3 is 5.97 Å². The van der Waals surface area contributed by atoms with Crippen LogP contribution in [0.1, 0.15) is 72.9 Å². The van der Waals surface area contributed by atoms with Crippen LogP contribution in [0.3, 0.4) is 0 Å². The zero-order valence-corrected chi connectivity index (χ0v) is 13.7. The van der Waals surface area contributed by atoms with Gasteiger partial charge in [0.2, 0.25) is 0 Å². The van der Waals surface area contributed by atoms with E-state index in [-0.39, 0.29) is 12.2 Å². The Bertz CT molecular complexity index is 677. The van der Waals surface area contributed by atoms with Crippen molar-refractivity contribution in [2.45, 2.75) is 57.8 Å². The van der Waals surface area contributed by atoms with Crippen molar-refractivity contribution in [3.8, 4) is 0 Å². The summed E-state index contributed by atoms with van der Waals surface area (Å²) in [5, 5.41) is 8.97. The minimum absolute atomic E-state index is 0.00461. The van der Waals surface area contributed by atoms with Gasteiger partial charge in [-0.2, -0.15) is 0 Å². The Kier molecular flexibility index (Phi) is 3.36. The van der Waals surface area contributed by atoms with Crippen molar-refractivity contribution >= 4 is 11.8 Å². The molecule has 2 saturated carbocycles. The molecule has 0 saturated heterocycles. The van der Waals surface area contributed by atoms with Gasteiger partial charge in [0.05, 0.1) is 6.42 Å². The maximum Gasteiger partial charge on any atom is 0.307 e. The molecule has 1 aromatic carbocycles. The third-order valence-electron chi connectivity index (χ3n) is 6.81. The lowest BCUT2D eigenvalue weighted by atomic mass is 9.55. The minimum atomic E-state index is -0.842. The highest BCUT2D eigenvalue weighted by molar-refractivity contribution is 5.99. The number of hydrogen-bond acceptors (Lipinski definition) is 2. The van der Waals surface area contributed by atoms with Crippen LogP contribution in [0.2, 0.25) is 0 Å². The van der Waals surface area contributed by atoms with Crippen molar-refractivity contribution in [3.05, 3.63) is 34.9 Å². The van der Waals surface area contributed by atoms with Crippen LogP contribution in [0.5, 0.6) is 0 Å². The smallest absolute Gasteiger partial charge is 0.307 e. The second-order valence-electron chi connectivity index (χ2n) is 8.08. The van der Waals surface area contributed by atoms with Gasteiger partial charge < -0.3 is 5.11 Å². The first-order chi connectivity index (χ1) is 11.0. The van der Waals surface area contributed by atoms with Crippen molar-refractivity contribution < 1.29 is 14.7 Å². The summed E-state index contributed by atoms with van der Waals surface area (Å²) in [4.78, 5) is 23.6. The van der Waals surface area contributed by atoms with Crippen LogP contribution in [-0.2, 0) is 11.2 Å². The van der Waals surface area contributed by atoms with Gasteiger partial charge in [0.1, 0.15) is 0 Å². The number of fused-ring (bicyclic) bond motifs is 5. The fourth-order valence-electron chi connectivity index (χ4n) is 5.73. The summed E-state index contributed by atoms with van der Waals surface area (Å²) >= 11 is 0. The van der Waals surface area contributed by atoms with E-state index in [4.69, 9.17) is 5.11 Å². The number of carboxylic acids is 1. The van der Waals surface area contributed by atoms with Crippen LogP contribution < -0.4 is 0 Å². The average molecular weight is 312 g/mol. The summed E-state index contributed by atoms with van der Waals surface area (Å²) in [6.07, 6.45) is 7.00. The molecular formula is C20H24O3. The van der Waals surface area contributed by atoms with E-state index < -0.39 is 5.97 Å². The summed E-state index contributed by atoms with van der Waals surface area (Å²) < 4.78 is 0. The molecule has 1 aromatic rings. The molecule has 0 radical (unpaired) electrons. The summed E-state index contributed by atoms with van der Waals surface area (Å²) in [5.74, 6) is 1.08. The van der Waals surface area contributed by atoms with E-state index in [2.05, 4.69) is 6.92 Å². The fraction of sp³-hybridized carbons (Fsp3) is 0.600. The summed E-state index contributed by atoms with van der Waals surface area (Å²) in [6, 6.07) is 5.79. The Labute approximate surface area is 137 Å². The average Bonchev–Trinajstić information content (AvgIpc) is 2.89. The highest BCUT2D eigenvalue weighted by atomic mass is 16.4. The maximum absolute atomic E-state index is 12.7. The first kappa shape index (κ1) is 14.9. The van der Waals surface area contributed by atoms with Crippen LogP contribution in [0.15, 0.2) is 18.2 Å². The van der Waals surface area contributed by atoms with Gasteiger partial charge in [0.15, 0.2) is 5.78 Å². The topological polar surface area (TPSA) is 54.4 Å². The summed E-state index contributed by atoms with van der Waals surface area (Å²) in [7, 11) is 0. The number of benzene rings is 1. The molecule has 1 N–H and O–H groups in total. The Morgan fingerprint density at radius 3 is 2.91 bits per heavy atom. The van der Waals surface area contributed by atoms with E-state index in [1.807, 2.05) is 18.2 Å². The number of Topliss-reactive ketones (excluding diaryl/α,β-unsaturated/α-hetero) is 1. The molecule has 3 aliphatic carbocycles. The third-order valence-corrected chi connectivity index (χ3v) is 6.81. The molecule has 2 fully saturated rings. The second kappa shape index (κ2) is 5.19. The lowest BCUT2D eigenvalue weighted by molar-refractivity contribution is -0.136. The molecule has 23 heavy (non-hydrogen) atoms. The van der Waals surface area contributed by atoms with Crippen LogP contribution in [-0.4, -0.2) is 16.9 Å². The van der Waals surface area contributed by atoms with Crippen molar-refractivity contribution in [2.75, 3.05) is 0 Å². The van der Waals surface area contributed by atoms with E-state index in [9.17, 15) is 9.59 Å². The third kappa shape index (κ3) is 2.32. The normalized spacial score (nSPS) is 35.3. The highest BCUT2D eigenvalue weighted by Gasteiger charge is 2.51. The zero-order valence-electron chi connectivity index (χ0n) is 13.7. The minimum Gasteiger partial charge on any atom is -0.481 e. The van der Waals surface area contributed by atoms with E-state index in [0.29, 0.717) is 29.6 Å². The number of aliphatic carboxylic acids is 1. The Morgan fingerprint density at radius 1 is 1.30 bits per heavy atom. The molecule has 4 rings (SSSR count). The monoisotopic (exact) mass is 312 g/mol. The maximum atomic E-state index is 12.7. The zero-order chi connectivity index (χ0) is 16.2. The van der Waals surface area contributed by atoms with Crippen LogP contribution in [0.25, 0.3) is 0 Å². The van der Waals surface area contributed by atoms with Crippen LogP contribution >= 0.6 is 0 Å². The molecule has 3 unspecified atom stereocenters. The molecule has 0 heterocycles.